The third-order valence-electron chi connectivity index (χ3n) is 6.09. The first-order chi connectivity index (χ1) is 20.8. The largest absolute Gasteiger partial charge is 0.486 e. The maximum Gasteiger partial charge on any atom is 0.272 e. The highest BCUT2D eigenvalue weighted by Crippen LogP contribution is 2.32. The third kappa shape index (κ3) is 8.24. The van der Waals surface area contributed by atoms with Gasteiger partial charge in [-0.3, -0.25) is 14.4 Å². The molecule has 8 nitrogen and oxygen atoms in total. The van der Waals surface area contributed by atoms with Crippen molar-refractivity contribution >= 4 is 62.9 Å². The van der Waals surface area contributed by atoms with E-state index in [-0.39, 0.29) is 22.9 Å². The zero-order chi connectivity index (χ0) is 30.2. The van der Waals surface area contributed by atoms with Gasteiger partial charge in [0.1, 0.15) is 24.7 Å². The number of anilines is 2. The van der Waals surface area contributed by atoms with E-state index in [1.54, 1.807) is 72.8 Å². The second kappa shape index (κ2) is 14.0. The Kier molecular flexibility index (Phi) is 9.75. The summed E-state index contributed by atoms with van der Waals surface area (Å²) in [5.41, 5.74) is 1.38. The molecule has 0 saturated carbocycles. The van der Waals surface area contributed by atoms with Crippen LogP contribution in [0.1, 0.15) is 15.9 Å². The minimum atomic E-state index is -0.636. The van der Waals surface area contributed by atoms with Crippen molar-refractivity contribution in [2.45, 2.75) is 4.90 Å². The Balaban J connectivity index is 1.22. The van der Waals surface area contributed by atoms with Crippen LogP contribution in [0.15, 0.2) is 106 Å². The van der Waals surface area contributed by atoms with Gasteiger partial charge in [0, 0.05) is 37.9 Å². The maximum absolute atomic E-state index is 14.5. The number of hydrogen-bond acceptors (Lipinski definition) is 6. The summed E-state index contributed by atoms with van der Waals surface area (Å²) in [6, 6.07) is 24.8. The van der Waals surface area contributed by atoms with Crippen LogP contribution in [0.5, 0.6) is 11.5 Å². The molecule has 0 radical (unpaired) electrons. The molecule has 0 atom stereocenters. The molecule has 0 fully saturated rings. The van der Waals surface area contributed by atoms with Gasteiger partial charge in [-0.15, -0.1) is 11.8 Å². The Hall–Kier alpha value is -4.61. The molecule has 4 aromatic carbocycles. The van der Waals surface area contributed by atoms with Gasteiger partial charge in [0.15, 0.2) is 11.5 Å². The van der Waals surface area contributed by atoms with Crippen molar-refractivity contribution < 1.29 is 28.2 Å². The number of carbonyl (C=O) groups is 3. The number of amides is 3. The van der Waals surface area contributed by atoms with E-state index in [9.17, 15) is 18.8 Å². The molecule has 0 unspecified atom stereocenters. The second-order valence-electron chi connectivity index (χ2n) is 9.22. The fourth-order valence-corrected chi connectivity index (χ4v) is 5.10. The van der Waals surface area contributed by atoms with E-state index in [4.69, 9.17) is 9.47 Å². The standard InChI is InChI=1S/C32H25BrFN3O5S/c33-22-6-12-26(34)21(16-22)17-27(37-31(39)20-4-2-1-3-5-20)32(40)36-23-7-10-25(11-8-23)43-19-30(38)35-24-9-13-28-29(18-24)42-15-14-41-28/h1-13,16-18H,14-15,19H2,(H,35,38)(H,36,40)(H,37,39)/b27-17-. The number of benzene rings is 4. The highest BCUT2D eigenvalue weighted by atomic mass is 79.9. The van der Waals surface area contributed by atoms with Crippen molar-refractivity contribution in [3.63, 3.8) is 0 Å². The second-order valence-corrected chi connectivity index (χ2v) is 11.2. The lowest BCUT2D eigenvalue weighted by Gasteiger charge is -2.19. The van der Waals surface area contributed by atoms with Gasteiger partial charge < -0.3 is 25.4 Å². The molecule has 0 aromatic heterocycles. The van der Waals surface area contributed by atoms with Crippen LogP contribution < -0.4 is 25.4 Å². The summed E-state index contributed by atoms with van der Waals surface area (Å²) in [6.45, 7) is 0.951. The summed E-state index contributed by atoms with van der Waals surface area (Å²) in [5.74, 6) is -0.497. The maximum atomic E-state index is 14.5. The van der Waals surface area contributed by atoms with Crippen LogP contribution in [0.2, 0.25) is 0 Å². The van der Waals surface area contributed by atoms with Crippen LogP contribution in [0.4, 0.5) is 15.8 Å². The van der Waals surface area contributed by atoms with Crippen molar-refractivity contribution in [2.24, 2.45) is 0 Å². The fourth-order valence-electron chi connectivity index (χ4n) is 4.02. The predicted octanol–water partition coefficient (Wildman–Crippen LogP) is 6.50. The van der Waals surface area contributed by atoms with Crippen LogP contribution in [-0.4, -0.2) is 36.7 Å². The smallest absolute Gasteiger partial charge is 0.272 e. The first-order valence-electron chi connectivity index (χ1n) is 13.1. The van der Waals surface area contributed by atoms with Gasteiger partial charge >= 0.3 is 0 Å². The highest BCUT2D eigenvalue weighted by molar-refractivity contribution is 9.10. The van der Waals surface area contributed by atoms with E-state index >= 15 is 0 Å². The van der Waals surface area contributed by atoms with Crippen LogP contribution in [0.25, 0.3) is 6.08 Å². The van der Waals surface area contributed by atoms with E-state index in [0.717, 1.165) is 4.90 Å². The molecule has 0 saturated heterocycles. The number of rotatable bonds is 9. The number of carbonyl (C=O) groups excluding carboxylic acids is 3. The quantitative estimate of drug-likeness (QED) is 0.140. The summed E-state index contributed by atoms with van der Waals surface area (Å²) in [7, 11) is 0. The van der Waals surface area contributed by atoms with Gasteiger partial charge in [0.05, 0.1) is 5.75 Å². The SMILES string of the molecule is O=C(CSc1ccc(NC(=O)/C(=C/c2cc(Br)ccc2F)NC(=O)c2ccccc2)cc1)Nc1ccc2c(c1)OCCO2. The van der Waals surface area contributed by atoms with Gasteiger partial charge in [-0.05, 0) is 72.8 Å². The van der Waals surface area contributed by atoms with E-state index in [1.807, 2.05) is 0 Å². The van der Waals surface area contributed by atoms with Gasteiger partial charge in [-0.2, -0.15) is 0 Å². The number of hydrogen-bond donors (Lipinski definition) is 3. The van der Waals surface area contributed by atoms with Crippen LogP contribution in [0, 0.1) is 5.82 Å². The van der Waals surface area contributed by atoms with Gasteiger partial charge in [0.25, 0.3) is 11.8 Å². The van der Waals surface area contributed by atoms with Crippen molar-refractivity contribution in [2.75, 3.05) is 29.6 Å². The average Bonchev–Trinajstić information content (AvgIpc) is 3.02. The van der Waals surface area contributed by atoms with E-state index < -0.39 is 17.6 Å². The summed E-state index contributed by atoms with van der Waals surface area (Å²) < 4.78 is 26.2. The molecule has 0 aliphatic carbocycles. The van der Waals surface area contributed by atoms with E-state index in [1.165, 1.54) is 36.0 Å². The summed E-state index contributed by atoms with van der Waals surface area (Å²) >= 11 is 4.63. The Morgan fingerprint density at radius 1 is 0.837 bits per heavy atom. The third-order valence-corrected chi connectivity index (χ3v) is 7.60. The van der Waals surface area contributed by atoms with Crippen LogP contribution in [-0.2, 0) is 9.59 Å². The molecule has 4 aromatic rings. The molecule has 0 bridgehead atoms. The molecule has 43 heavy (non-hydrogen) atoms. The zero-order valence-electron chi connectivity index (χ0n) is 22.6. The Labute approximate surface area is 259 Å². The first-order valence-corrected chi connectivity index (χ1v) is 14.9. The van der Waals surface area contributed by atoms with Crippen molar-refractivity contribution in [1.29, 1.82) is 0 Å². The number of ether oxygens (including phenoxy) is 2. The van der Waals surface area contributed by atoms with Crippen molar-refractivity contribution in [3.8, 4) is 11.5 Å². The minimum absolute atomic E-state index is 0.120. The average molecular weight is 663 g/mol. The van der Waals surface area contributed by atoms with Crippen molar-refractivity contribution in [3.05, 3.63) is 118 Å². The number of halogens is 2. The molecular formula is C32H25BrFN3O5S. The molecule has 3 amide bonds. The van der Waals surface area contributed by atoms with Gasteiger partial charge in [-0.25, -0.2) is 4.39 Å². The molecule has 1 aliphatic heterocycles. The molecule has 11 heteroatoms. The van der Waals surface area contributed by atoms with E-state index in [2.05, 4.69) is 31.9 Å². The molecule has 1 heterocycles. The lowest BCUT2D eigenvalue weighted by molar-refractivity contribution is -0.114. The summed E-state index contributed by atoms with van der Waals surface area (Å²) in [6.07, 6.45) is 1.28. The predicted molar refractivity (Wildman–Crippen MR) is 168 cm³/mol. The molecular weight excluding hydrogens is 637 g/mol. The summed E-state index contributed by atoms with van der Waals surface area (Å²) in [5, 5.41) is 8.17. The Morgan fingerprint density at radius 2 is 1.56 bits per heavy atom. The normalized spacial score (nSPS) is 12.3. The number of fused-ring (bicyclic) bond motifs is 1. The Bertz CT molecular complexity index is 1680. The number of nitrogens with one attached hydrogen (secondary N) is 3. The number of thioether (sulfide) groups is 1. The molecule has 3 N–H and O–H groups in total. The topological polar surface area (TPSA) is 106 Å². The monoisotopic (exact) mass is 661 g/mol. The Morgan fingerprint density at radius 3 is 2.33 bits per heavy atom. The molecule has 5 rings (SSSR count). The van der Waals surface area contributed by atoms with Gasteiger partial charge in [-0.1, -0.05) is 34.1 Å². The van der Waals surface area contributed by atoms with Crippen LogP contribution in [0.3, 0.4) is 0 Å². The van der Waals surface area contributed by atoms with Crippen LogP contribution >= 0.6 is 27.7 Å². The highest BCUT2D eigenvalue weighted by Gasteiger charge is 2.17. The van der Waals surface area contributed by atoms with Crippen molar-refractivity contribution in [1.82, 2.24) is 5.32 Å². The van der Waals surface area contributed by atoms with E-state index in [0.29, 0.717) is 46.1 Å². The first kappa shape index (κ1) is 29.9. The lowest BCUT2D eigenvalue weighted by atomic mass is 10.1. The minimum Gasteiger partial charge on any atom is -0.486 e. The summed E-state index contributed by atoms with van der Waals surface area (Å²) in [4.78, 5) is 39.4. The fraction of sp³-hybridized carbons (Fsp3) is 0.0938. The lowest BCUT2D eigenvalue weighted by Crippen LogP contribution is -2.30. The van der Waals surface area contributed by atoms with Gasteiger partial charge in [0.2, 0.25) is 5.91 Å². The molecule has 0 spiro atoms. The molecule has 1 aliphatic rings. The zero-order valence-corrected chi connectivity index (χ0v) is 25.0. The molecule has 218 valence electrons.